The fraction of sp³-hybridized carbons (Fsp3) is 0.273. The molecule has 0 aliphatic heterocycles. The van der Waals surface area contributed by atoms with Crippen molar-refractivity contribution in [3.8, 4) is 5.75 Å². The van der Waals surface area contributed by atoms with E-state index in [2.05, 4.69) is 5.32 Å². The molecule has 0 spiro atoms. The fourth-order valence-corrected chi connectivity index (χ4v) is 2.15. The van der Waals surface area contributed by atoms with Gasteiger partial charge in [-0.25, -0.2) is 0 Å². The van der Waals surface area contributed by atoms with E-state index in [1.165, 1.54) is 19.1 Å². The molecule has 18 heavy (non-hydrogen) atoms. The van der Waals surface area contributed by atoms with Crippen LogP contribution in [0.5, 0.6) is 5.75 Å². The van der Waals surface area contributed by atoms with Crippen LogP contribution in [-0.2, 0) is 9.59 Å². The Morgan fingerprint density at radius 2 is 2.17 bits per heavy atom. The first-order valence-corrected chi connectivity index (χ1v) is 6.10. The Morgan fingerprint density at radius 3 is 2.72 bits per heavy atom. The van der Waals surface area contributed by atoms with Crippen LogP contribution in [0, 0.1) is 0 Å². The Balaban J connectivity index is 2.82. The fourth-order valence-electron chi connectivity index (χ4n) is 1.17. The Kier molecular flexibility index (Phi) is 4.99. The minimum absolute atomic E-state index is 0.0375. The molecule has 1 unspecified atom stereocenters. The van der Waals surface area contributed by atoms with Crippen LogP contribution in [0.4, 0.5) is 5.69 Å². The van der Waals surface area contributed by atoms with Gasteiger partial charge in [-0.3, -0.25) is 9.59 Å². The maximum Gasteiger partial charge on any atom is 0.321 e. The van der Waals surface area contributed by atoms with Crippen LogP contribution >= 0.6 is 11.8 Å². The smallest absolute Gasteiger partial charge is 0.321 e. The van der Waals surface area contributed by atoms with Gasteiger partial charge in [0.2, 0.25) is 5.91 Å². The van der Waals surface area contributed by atoms with Gasteiger partial charge in [-0.1, -0.05) is 0 Å². The first-order chi connectivity index (χ1) is 8.40. The topological polar surface area (TPSA) is 113 Å². The van der Waals surface area contributed by atoms with Gasteiger partial charge in [-0.15, -0.1) is 11.8 Å². The molecule has 0 aliphatic rings. The summed E-state index contributed by atoms with van der Waals surface area (Å²) in [5.74, 6) is -1.16. The van der Waals surface area contributed by atoms with E-state index in [4.69, 9.17) is 10.8 Å². The molecule has 0 bridgehead atoms. The van der Waals surface area contributed by atoms with Gasteiger partial charge in [0, 0.05) is 17.6 Å². The Labute approximate surface area is 108 Å². The van der Waals surface area contributed by atoms with Gasteiger partial charge in [-0.2, -0.15) is 0 Å². The van der Waals surface area contributed by atoms with Crippen molar-refractivity contribution in [2.45, 2.75) is 17.9 Å². The number of rotatable bonds is 5. The molecule has 1 aromatic rings. The van der Waals surface area contributed by atoms with E-state index in [0.29, 0.717) is 10.6 Å². The van der Waals surface area contributed by atoms with Crippen LogP contribution in [0.25, 0.3) is 0 Å². The number of aromatic hydroxyl groups is 1. The molecule has 1 rings (SSSR count). The summed E-state index contributed by atoms with van der Waals surface area (Å²) in [4.78, 5) is 22.2. The number of phenolic OH excluding ortho intramolecular Hbond substituents is 1. The highest BCUT2D eigenvalue weighted by Gasteiger charge is 2.13. The minimum Gasteiger partial charge on any atom is -0.508 e. The summed E-state index contributed by atoms with van der Waals surface area (Å²) in [5.41, 5.74) is 5.90. The van der Waals surface area contributed by atoms with E-state index in [9.17, 15) is 14.7 Å². The molecule has 0 aromatic heterocycles. The molecule has 98 valence electrons. The van der Waals surface area contributed by atoms with Gasteiger partial charge >= 0.3 is 5.97 Å². The third-order valence-electron chi connectivity index (χ3n) is 2.01. The molecule has 0 fully saturated rings. The van der Waals surface area contributed by atoms with Gasteiger partial charge in [-0.05, 0) is 18.2 Å². The van der Waals surface area contributed by atoms with Crippen LogP contribution in [0.15, 0.2) is 23.1 Å². The predicted molar refractivity (Wildman–Crippen MR) is 68.7 cm³/mol. The summed E-state index contributed by atoms with van der Waals surface area (Å²) in [6.07, 6.45) is 0. The van der Waals surface area contributed by atoms with Crippen molar-refractivity contribution < 1.29 is 19.8 Å². The zero-order chi connectivity index (χ0) is 13.7. The van der Waals surface area contributed by atoms with E-state index in [1.807, 2.05) is 0 Å². The van der Waals surface area contributed by atoms with Gasteiger partial charge in [0.05, 0.1) is 5.69 Å². The quantitative estimate of drug-likeness (QED) is 0.466. The number of amides is 1. The number of carbonyl (C=O) groups excluding carboxylic acids is 1. The van der Waals surface area contributed by atoms with Crippen LogP contribution in [0.3, 0.4) is 0 Å². The lowest BCUT2D eigenvalue weighted by Gasteiger charge is -2.11. The van der Waals surface area contributed by atoms with Crippen molar-refractivity contribution >= 4 is 29.3 Å². The molecule has 0 radical (unpaired) electrons. The van der Waals surface area contributed by atoms with Crippen molar-refractivity contribution in [1.29, 1.82) is 0 Å². The number of carboxylic acid groups (broad SMARTS) is 1. The molecule has 1 aromatic carbocycles. The van der Waals surface area contributed by atoms with Crippen LogP contribution in [0.1, 0.15) is 6.92 Å². The van der Waals surface area contributed by atoms with Crippen LogP contribution in [-0.4, -0.2) is 33.9 Å². The molecule has 5 N–H and O–H groups in total. The Hall–Kier alpha value is -1.73. The summed E-state index contributed by atoms with van der Waals surface area (Å²) in [6.45, 7) is 1.37. The summed E-state index contributed by atoms with van der Waals surface area (Å²) >= 11 is 1.16. The zero-order valence-corrected chi connectivity index (χ0v) is 10.5. The standard InChI is InChI=1S/C11H14N2O4S/c1-6(14)13-9-3-2-7(15)4-10(9)18-5-8(12)11(16)17/h2-4,8,15H,5,12H2,1H3,(H,13,14)(H,16,17). The maximum atomic E-state index is 11.0. The van der Waals surface area contributed by atoms with E-state index in [-0.39, 0.29) is 17.4 Å². The molecule has 0 saturated heterocycles. The second kappa shape index (κ2) is 6.27. The van der Waals surface area contributed by atoms with Crippen molar-refractivity contribution in [3.63, 3.8) is 0 Å². The van der Waals surface area contributed by atoms with E-state index < -0.39 is 12.0 Å². The molecule has 0 saturated carbocycles. The summed E-state index contributed by atoms with van der Waals surface area (Å²) in [7, 11) is 0. The molecular weight excluding hydrogens is 256 g/mol. The van der Waals surface area contributed by atoms with Crippen molar-refractivity contribution in [1.82, 2.24) is 0 Å². The summed E-state index contributed by atoms with van der Waals surface area (Å²) < 4.78 is 0. The molecule has 0 aliphatic carbocycles. The number of carbonyl (C=O) groups is 2. The van der Waals surface area contributed by atoms with Crippen molar-refractivity contribution in [2.75, 3.05) is 11.1 Å². The van der Waals surface area contributed by atoms with Gasteiger partial charge in [0.25, 0.3) is 0 Å². The minimum atomic E-state index is -1.09. The van der Waals surface area contributed by atoms with Crippen LogP contribution in [0.2, 0.25) is 0 Å². The molecule has 0 heterocycles. The van der Waals surface area contributed by atoms with Crippen LogP contribution < -0.4 is 11.1 Å². The highest BCUT2D eigenvalue weighted by Crippen LogP contribution is 2.31. The lowest BCUT2D eigenvalue weighted by atomic mass is 10.3. The zero-order valence-electron chi connectivity index (χ0n) is 9.71. The number of hydrogen-bond donors (Lipinski definition) is 4. The van der Waals surface area contributed by atoms with Crippen molar-refractivity contribution in [2.24, 2.45) is 5.73 Å². The summed E-state index contributed by atoms with van der Waals surface area (Å²) in [6, 6.07) is 3.44. The highest BCUT2D eigenvalue weighted by molar-refractivity contribution is 7.99. The molecule has 1 atom stereocenters. The number of nitrogens with one attached hydrogen (secondary N) is 1. The number of nitrogens with two attached hydrogens (primary N) is 1. The molecule has 1 amide bonds. The third kappa shape index (κ3) is 4.27. The second-order valence-corrected chi connectivity index (χ2v) is 4.68. The lowest BCUT2D eigenvalue weighted by molar-refractivity contribution is -0.137. The summed E-state index contributed by atoms with van der Waals surface area (Å²) in [5, 5.41) is 20.6. The lowest BCUT2D eigenvalue weighted by Crippen LogP contribution is -2.32. The monoisotopic (exact) mass is 270 g/mol. The average molecular weight is 270 g/mol. The number of carboxylic acids is 1. The van der Waals surface area contributed by atoms with Gasteiger partial charge in [0.15, 0.2) is 0 Å². The van der Waals surface area contributed by atoms with E-state index in [0.717, 1.165) is 11.8 Å². The first kappa shape index (κ1) is 14.3. The predicted octanol–water partition coefficient (Wildman–Crippen LogP) is 0.855. The number of hydrogen-bond acceptors (Lipinski definition) is 5. The molecule has 7 heteroatoms. The molecule has 6 nitrogen and oxygen atoms in total. The van der Waals surface area contributed by atoms with E-state index >= 15 is 0 Å². The highest BCUT2D eigenvalue weighted by atomic mass is 32.2. The number of aliphatic carboxylic acids is 1. The van der Waals surface area contributed by atoms with Gasteiger partial charge < -0.3 is 21.3 Å². The SMILES string of the molecule is CC(=O)Nc1ccc(O)cc1SCC(N)C(=O)O. The number of thioether (sulfide) groups is 1. The Morgan fingerprint density at radius 1 is 1.50 bits per heavy atom. The van der Waals surface area contributed by atoms with E-state index in [1.54, 1.807) is 6.07 Å². The largest absolute Gasteiger partial charge is 0.508 e. The maximum absolute atomic E-state index is 11.0. The number of anilines is 1. The normalized spacial score (nSPS) is 11.9. The Bertz CT molecular complexity index is 464. The third-order valence-corrected chi connectivity index (χ3v) is 3.19. The number of phenols is 1. The number of benzene rings is 1. The van der Waals surface area contributed by atoms with Gasteiger partial charge in [0.1, 0.15) is 11.8 Å². The van der Waals surface area contributed by atoms with Crippen molar-refractivity contribution in [3.05, 3.63) is 18.2 Å². The first-order valence-electron chi connectivity index (χ1n) is 5.12. The molecular formula is C11H14N2O4S. The average Bonchev–Trinajstić information content (AvgIpc) is 2.28. The second-order valence-electron chi connectivity index (χ2n) is 3.62.